The van der Waals surface area contributed by atoms with Crippen molar-refractivity contribution >= 4 is 17.6 Å². The fourth-order valence-corrected chi connectivity index (χ4v) is 0.674. The Morgan fingerprint density at radius 2 is 2.55 bits per heavy atom. The average Bonchev–Trinajstić information content (AvgIpc) is 2.52. The van der Waals surface area contributed by atoms with Crippen molar-refractivity contribution in [3.05, 3.63) is 24.2 Å². The van der Waals surface area contributed by atoms with Gasteiger partial charge in [0.15, 0.2) is 0 Å². The molecule has 0 saturated heterocycles. The first-order chi connectivity index (χ1) is 5.34. The maximum Gasteiger partial charge on any atom is 0.374 e. The van der Waals surface area contributed by atoms with Crippen molar-refractivity contribution in [3.63, 3.8) is 0 Å². The Labute approximate surface area is 68.9 Å². The van der Waals surface area contributed by atoms with E-state index in [1.54, 1.807) is 6.07 Å². The number of carbonyl (C=O) groups excluding carboxylic acids is 1. The van der Waals surface area contributed by atoms with E-state index in [0.717, 1.165) is 0 Å². The minimum atomic E-state index is -0.476. The number of hydrogen-bond acceptors (Lipinski definition) is 3. The van der Waals surface area contributed by atoms with Crippen LogP contribution in [0.4, 0.5) is 0 Å². The predicted octanol–water partition coefficient (Wildman–Crippen LogP) is 1.68. The van der Waals surface area contributed by atoms with Crippen molar-refractivity contribution in [2.75, 3.05) is 12.5 Å². The molecule has 11 heavy (non-hydrogen) atoms. The molecule has 0 aromatic carbocycles. The number of halogens is 1. The summed E-state index contributed by atoms with van der Waals surface area (Å²) < 4.78 is 9.45. The van der Waals surface area contributed by atoms with E-state index in [-0.39, 0.29) is 12.4 Å². The Hall–Kier alpha value is -0.960. The molecule has 1 aromatic heterocycles. The summed E-state index contributed by atoms with van der Waals surface area (Å²) >= 11 is 5.30. The SMILES string of the molecule is O=C(OCCCl)c1ccco1. The zero-order chi connectivity index (χ0) is 8.10. The zero-order valence-electron chi connectivity index (χ0n) is 5.75. The number of ether oxygens (including phenoxy) is 1. The maximum absolute atomic E-state index is 10.9. The summed E-state index contributed by atoms with van der Waals surface area (Å²) in [7, 11) is 0. The maximum atomic E-state index is 10.9. The summed E-state index contributed by atoms with van der Waals surface area (Å²) in [4.78, 5) is 10.9. The minimum absolute atomic E-state index is 0.204. The minimum Gasteiger partial charge on any atom is -0.459 e. The van der Waals surface area contributed by atoms with Crippen LogP contribution in [0.3, 0.4) is 0 Å². The molecule has 1 heterocycles. The molecule has 0 aliphatic heterocycles. The molecular formula is C7H7ClO3. The predicted molar refractivity (Wildman–Crippen MR) is 39.7 cm³/mol. The van der Waals surface area contributed by atoms with E-state index < -0.39 is 5.97 Å². The molecule has 0 radical (unpaired) electrons. The number of esters is 1. The van der Waals surface area contributed by atoms with Crippen molar-refractivity contribution in [2.24, 2.45) is 0 Å². The highest BCUT2D eigenvalue weighted by Gasteiger charge is 2.08. The van der Waals surface area contributed by atoms with Crippen LogP contribution in [0.2, 0.25) is 0 Å². The second-order valence-electron chi connectivity index (χ2n) is 1.80. The van der Waals surface area contributed by atoms with Crippen molar-refractivity contribution in [1.29, 1.82) is 0 Å². The van der Waals surface area contributed by atoms with Crippen LogP contribution in [-0.4, -0.2) is 18.5 Å². The number of furan rings is 1. The fraction of sp³-hybridized carbons (Fsp3) is 0.286. The molecule has 0 unspecified atom stereocenters. The van der Waals surface area contributed by atoms with Crippen LogP contribution < -0.4 is 0 Å². The van der Waals surface area contributed by atoms with Gasteiger partial charge in [-0.3, -0.25) is 0 Å². The highest BCUT2D eigenvalue weighted by atomic mass is 35.5. The molecule has 0 atom stereocenters. The van der Waals surface area contributed by atoms with Gasteiger partial charge in [0, 0.05) is 0 Å². The van der Waals surface area contributed by atoms with Gasteiger partial charge >= 0.3 is 5.97 Å². The van der Waals surface area contributed by atoms with Crippen LogP contribution in [0.5, 0.6) is 0 Å². The first-order valence-electron chi connectivity index (χ1n) is 3.11. The Morgan fingerprint density at radius 1 is 1.73 bits per heavy atom. The summed E-state index contributed by atoms with van der Waals surface area (Å²) in [6, 6.07) is 3.16. The largest absolute Gasteiger partial charge is 0.459 e. The van der Waals surface area contributed by atoms with E-state index in [4.69, 9.17) is 16.0 Å². The molecule has 4 heteroatoms. The third kappa shape index (κ3) is 2.27. The van der Waals surface area contributed by atoms with E-state index in [9.17, 15) is 4.79 Å². The molecule has 1 rings (SSSR count). The number of hydrogen-bond donors (Lipinski definition) is 0. The lowest BCUT2D eigenvalue weighted by atomic mass is 10.5. The van der Waals surface area contributed by atoms with Gasteiger partial charge in [-0.25, -0.2) is 4.79 Å². The van der Waals surface area contributed by atoms with Gasteiger partial charge in [0.2, 0.25) is 5.76 Å². The smallest absolute Gasteiger partial charge is 0.374 e. The molecule has 0 aliphatic carbocycles. The second kappa shape index (κ2) is 4.03. The van der Waals surface area contributed by atoms with Crippen LogP contribution in [0.25, 0.3) is 0 Å². The second-order valence-corrected chi connectivity index (χ2v) is 2.18. The fourth-order valence-electron chi connectivity index (χ4n) is 0.597. The molecular weight excluding hydrogens is 168 g/mol. The van der Waals surface area contributed by atoms with Gasteiger partial charge in [-0.05, 0) is 12.1 Å². The van der Waals surface area contributed by atoms with Crippen LogP contribution in [0.1, 0.15) is 10.6 Å². The standard InChI is InChI=1S/C7H7ClO3/c8-3-5-11-7(9)6-2-1-4-10-6/h1-2,4H,3,5H2. The van der Waals surface area contributed by atoms with Crippen LogP contribution in [0.15, 0.2) is 22.8 Å². The molecule has 0 amide bonds. The highest BCUT2D eigenvalue weighted by Crippen LogP contribution is 2.01. The highest BCUT2D eigenvalue weighted by molar-refractivity contribution is 6.18. The van der Waals surface area contributed by atoms with Crippen molar-refractivity contribution in [1.82, 2.24) is 0 Å². The van der Waals surface area contributed by atoms with Gasteiger partial charge in [0.25, 0.3) is 0 Å². The number of carbonyl (C=O) groups is 1. The van der Waals surface area contributed by atoms with E-state index in [1.165, 1.54) is 12.3 Å². The topological polar surface area (TPSA) is 39.4 Å². The van der Waals surface area contributed by atoms with Gasteiger partial charge in [-0.15, -0.1) is 11.6 Å². The van der Waals surface area contributed by atoms with Crippen molar-refractivity contribution < 1.29 is 13.9 Å². The summed E-state index contributed by atoms with van der Waals surface area (Å²) in [5.74, 6) is 0.0256. The Balaban J connectivity index is 2.43. The van der Waals surface area contributed by atoms with Gasteiger partial charge in [0.1, 0.15) is 6.61 Å². The molecule has 0 N–H and O–H groups in total. The molecule has 1 aromatic rings. The molecule has 0 bridgehead atoms. The monoisotopic (exact) mass is 174 g/mol. The van der Waals surface area contributed by atoms with Crippen molar-refractivity contribution in [2.45, 2.75) is 0 Å². The van der Waals surface area contributed by atoms with Crippen LogP contribution in [-0.2, 0) is 4.74 Å². The van der Waals surface area contributed by atoms with Gasteiger partial charge in [0.05, 0.1) is 12.1 Å². The van der Waals surface area contributed by atoms with E-state index >= 15 is 0 Å². The molecule has 3 nitrogen and oxygen atoms in total. The van der Waals surface area contributed by atoms with Crippen LogP contribution >= 0.6 is 11.6 Å². The molecule has 60 valence electrons. The van der Waals surface area contributed by atoms with E-state index in [1.807, 2.05) is 0 Å². The van der Waals surface area contributed by atoms with Gasteiger partial charge in [-0.2, -0.15) is 0 Å². The number of alkyl halides is 1. The Morgan fingerprint density at radius 3 is 3.09 bits per heavy atom. The summed E-state index contributed by atoms with van der Waals surface area (Å²) in [5.41, 5.74) is 0. The molecule has 0 fully saturated rings. The number of rotatable bonds is 3. The lowest BCUT2D eigenvalue weighted by molar-refractivity contribution is 0.0493. The van der Waals surface area contributed by atoms with Crippen LogP contribution in [0, 0.1) is 0 Å². The Bertz CT molecular complexity index is 218. The zero-order valence-corrected chi connectivity index (χ0v) is 6.50. The first-order valence-corrected chi connectivity index (χ1v) is 3.64. The van der Waals surface area contributed by atoms with Gasteiger partial charge in [-0.1, -0.05) is 0 Å². The third-order valence-corrected chi connectivity index (χ3v) is 1.19. The summed E-state index contributed by atoms with van der Waals surface area (Å²) in [6.07, 6.45) is 1.41. The molecule has 0 spiro atoms. The quantitative estimate of drug-likeness (QED) is 0.517. The van der Waals surface area contributed by atoms with E-state index in [2.05, 4.69) is 4.74 Å². The van der Waals surface area contributed by atoms with E-state index in [0.29, 0.717) is 5.88 Å². The Kier molecular flexibility index (Phi) is 2.98. The lowest BCUT2D eigenvalue weighted by Crippen LogP contribution is -2.05. The molecule has 0 saturated carbocycles. The van der Waals surface area contributed by atoms with Crippen molar-refractivity contribution in [3.8, 4) is 0 Å². The lowest BCUT2D eigenvalue weighted by Gasteiger charge is -1.97. The summed E-state index contributed by atoms with van der Waals surface area (Å²) in [6.45, 7) is 0.209. The molecule has 0 aliphatic rings. The first kappa shape index (κ1) is 8.14. The third-order valence-electron chi connectivity index (χ3n) is 1.03. The summed E-state index contributed by atoms with van der Waals surface area (Å²) in [5, 5.41) is 0. The normalized spacial score (nSPS) is 9.55. The van der Waals surface area contributed by atoms with Gasteiger partial charge < -0.3 is 9.15 Å². The average molecular weight is 175 g/mol.